The van der Waals surface area contributed by atoms with Crippen molar-refractivity contribution in [1.29, 1.82) is 0 Å². The average Bonchev–Trinajstić information content (AvgIpc) is 2.97. The van der Waals surface area contributed by atoms with Gasteiger partial charge in [0.2, 0.25) is 0 Å². The second-order valence-corrected chi connectivity index (χ2v) is 9.58. The summed E-state index contributed by atoms with van der Waals surface area (Å²) in [5, 5.41) is 3.35. The lowest BCUT2D eigenvalue weighted by Crippen LogP contribution is -2.36. The molecule has 2 atom stereocenters. The van der Waals surface area contributed by atoms with Crippen molar-refractivity contribution in [2.45, 2.75) is 38.5 Å². The van der Waals surface area contributed by atoms with Gasteiger partial charge in [-0.3, -0.25) is 4.79 Å². The molecule has 1 aliphatic carbocycles. The number of carbonyl (C=O) groups is 3. The van der Waals surface area contributed by atoms with Crippen LogP contribution in [0.15, 0.2) is 65.0 Å². The Morgan fingerprint density at radius 2 is 1.60 bits per heavy atom. The molecule has 212 valence electrons. The Hall–Kier alpha value is -4.11. The van der Waals surface area contributed by atoms with E-state index in [4.69, 9.17) is 23.7 Å². The van der Waals surface area contributed by atoms with Crippen LogP contribution in [-0.4, -0.2) is 58.9 Å². The van der Waals surface area contributed by atoms with Gasteiger partial charge in [0.25, 0.3) is 0 Å². The summed E-state index contributed by atoms with van der Waals surface area (Å²) in [6.07, 6.45) is 0.829. The summed E-state index contributed by atoms with van der Waals surface area (Å²) in [5.41, 5.74) is 4.31. The van der Waals surface area contributed by atoms with E-state index in [1.165, 1.54) is 7.11 Å². The fourth-order valence-corrected chi connectivity index (χ4v) is 5.33. The number of nitrogens with one attached hydrogen (secondary N) is 1. The summed E-state index contributed by atoms with van der Waals surface area (Å²) < 4.78 is 26.5. The first-order valence-electron chi connectivity index (χ1n) is 13.2. The van der Waals surface area contributed by atoms with E-state index in [-0.39, 0.29) is 31.3 Å². The monoisotopic (exact) mass is 549 g/mol. The molecule has 0 saturated heterocycles. The Labute approximate surface area is 234 Å². The van der Waals surface area contributed by atoms with Crippen molar-refractivity contribution in [3.8, 4) is 11.5 Å². The summed E-state index contributed by atoms with van der Waals surface area (Å²) >= 11 is 0. The van der Waals surface area contributed by atoms with E-state index >= 15 is 0 Å². The lowest BCUT2D eigenvalue weighted by molar-refractivity contribution is -0.140. The fourth-order valence-electron chi connectivity index (χ4n) is 5.33. The molecule has 1 heterocycles. The molecule has 9 heteroatoms. The lowest BCUT2D eigenvalue weighted by Gasteiger charge is -2.36. The van der Waals surface area contributed by atoms with Gasteiger partial charge in [-0.1, -0.05) is 18.2 Å². The predicted octanol–water partition coefficient (Wildman–Crippen LogP) is 4.43. The van der Waals surface area contributed by atoms with Crippen LogP contribution >= 0.6 is 0 Å². The molecule has 1 aliphatic heterocycles. The number of allylic oxidation sites excluding steroid dienone is 3. The van der Waals surface area contributed by atoms with Crippen LogP contribution in [0.5, 0.6) is 11.5 Å². The van der Waals surface area contributed by atoms with E-state index in [0.717, 1.165) is 11.3 Å². The van der Waals surface area contributed by atoms with Gasteiger partial charge in [-0.05, 0) is 61.6 Å². The molecule has 0 bridgehead atoms. The predicted molar refractivity (Wildman–Crippen MR) is 147 cm³/mol. The minimum absolute atomic E-state index is 0.0669. The SMILES string of the molecule is CCOCCOC(=O)C1=C(C)NC2=C(C(=O)C[C@H](c3ccc(OC)c(OC)c3)C2)[C@H]1c1ccc(C(=O)OC)cc1. The summed E-state index contributed by atoms with van der Waals surface area (Å²) in [6.45, 7) is 4.57. The number of rotatable bonds is 10. The standard InChI is InChI=1S/C31H35NO8/c1-6-39-13-14-40-31(35)27-18(2)32-23-15-22(21-11-12-25(36-3)26(17-21)37-4)16-24(33)29(23)28(27)19-7-9-20(10-8-19)30(34)38-5/h7-12,17,22,28,32H,6,13-16H2,1-5H3/t22-,28+/m1/s1. The Balaban J connectivity index is 1.72. The minimum atomic E-state index is -0.651. The lowest BCUT2D eigenvalue weighted by atomic mass is 9.71. The molecule has 0 spiro atoms. The molecule has 9 nitrogen and oxygen atoms in total. The zero-order chi connectivity index (χ0) is 28.8. The molecule has 2 aromatic carbocycles. The van der Waals surface area contributed by atoms with Crippen LogP contribution in [0.25, 0.3) is 0 Å². The summed E-state index contributed by atoms with van der Waals surface area (Å²) in [4.78, 5) is 39.2. The Bertz CT molecular complexity index is 1340. The van der Waals surface area contributed by atoms with E-state index < -0.39 is 17.9 Å². The number of ether oxygens (including phenoxy) is 5. The zero-order valence-electron chi connectivity index (χ0n) is 23.5. The number of hydrogen-bond acceptors (Lipinski definition) is 9. The normalized spacial score (nSPS) is 18.6. The topological polar surface area (TPSA) is 109 Å². The zero-order valence-corrected chi connectivity index (χ0v) is 23.5. The van der Waals surface area contributed by atoms with Crippen LogP contribution in [0.2, 0.25) is 0 Å². The number of methoxy groups -OCH3 is 3. The molecule has 1 N–H and O–H groups in total. The Morgan fingerprint density at radius 1 is 0.900 bits per heavy atom. The van der Waals surface area contributed by atoms with Gasteiger partial charge in [-0.15, -0.1) is 0 Å². The summed E-state index contributed by atoms with van der Waals surface area (Å²) in [7, 11) is 4.48. The van der Waals surface area contributed by atoms with Gasteiger partial charge in [-0.2, -0.15) is 0 Å². The molecular weight excluding hydrogens is 514 g/mol. The molecule has 40 heavy (non-hydrogen) atoms. The molecule has 0 saturated carbocycles. The van der Waals surface area contributed by atoms with Crippen LogP contribution in [-0.2, 0) is 23.8 Å². The highest BCUT2D eigenvalue weighted by molar-refractivity contribution is 6.04. The molecular formula is C31H35NO8. The highest BCUT2D eigenvalue weighted by atomic mass is 16.6. The third-order valence-corrected chi connectivity index (χ3v) is 7.26. The van der Waals surface area contributed by atoms with E-state index in [1.807, 2.05) is 32.0 Å². The first-order valence-corrected chi connectivity index (χ1v) is 13.2. The van der Waals surface area contributed by atoms with Crippen LogP contribution < -0.4 is 14.8 Å². The molecule has 0 amide bonds. The number of esters is 2. The van der Waals surface area contributed by atoms with E-state index in [1.54, 1.807) is 38.5 Å². The largest absolute Gasteiger partial charge is 0.493 e. The average molecular weight is 550 g/mol. The second-order valence-electron chi connectivity index (χ2n) is 9.58. The molecule has 2 aromatic rings. The third-order valence-electron chi connectivity index (χ3n) is 7.26. The quantitative estimate of drug-likeness (QED) is 0.340. The van der Waals surface area contributed by atoms with Gasteiger partial charge in [0.05, 0.1) is 39.1 Å². The third kappa shape index (κ3) is 5.89. The van der Waals surface area contributed by atoms with Crippen molar-refractivity contribution < 1.29 is 38.1 Å². The molecule has 0 unspecified atom stereocenters. The fraction of sp³-hybridized carbons (Fsp3) is 0.387. The van der Waals surface area contributed by atoms with Gasteiger partial charge in [0.1, 0.15) is 6.61 Å². The van der Waals surface area contributed by atoms with Crippen molar-refractivity contribution in [1.82, 2.24) is 5.32 Å². The number of benzene rings is 2. The molecule has 0 fully saturated rings. The smallest absolute Gasteiger partial charge is 0.337 e. The van der Waals surface area contributed by atoms with Gasteiger partial charge < -0.3 is 29.0 Å². The van der Waals surface area contributed by atoms with Crippen molar-refractivity contribution >= 4 is 17.7 Å². The first-order chi connectivity index (χ1) is 19.3. The molecule has 2 aliphatic rings. The highest BCUT2D eigenvalue weighted by Gasteiger charge is 2.41. The van der Waals surface area contributed by atoms with Gasteiger partial charge >= 0.3 is 11.9 Å². The second kappa shape index (κ2) is 12.8. The minimum Gasteiger partial charge on any atom is -0.493 e. The maximum Gasteiger partial charge on any atom is 0.337 e. The van der Waals surface area contributed by atoms with Crippen molar-refractivity contribution in [2.75, 3.05) is 41.2 Å². The molecule has 4 rings (SSSR count). The first kappa shape index (κ1) is 28.9. The number of carbonyl (C=O) groups excluding carboxylic acids is 3. The van der Waals surface area contributed by atoms with Gasteiger partial charge in [0.15, 0.2) is 17.3 Å². The molecule has 0 radical (unpaired) electrons. The van der Waals surface area contributed by atoms with Gasteiger partial charge in [0, 0.05) is 35.9 Å². The van der Waals surface area contributed by atoms with E-state index in [2.05, 4.69) is 5.32 Å². The van der Waals surface area contributed by atoms with Crippen LogP contribution in [0.3, 0.4) is 0 Å². The van der Waals surface area contributed by atoms with Crippen molar-refractivity contribution in [2.24, 2.45) is 0 Å². The number of Topliss-reactive ketones (excluding diaryl/α,β-unsaturated/α-hetero) is 1. The van der Waals surface area contributed by atoms with Crippen molar-refractivity contribution in [3.05, 3.63) is 81.7 Å². The maximum absolute atomic E-state index is 13.8. The number of ketones is 1. The Kier molecular flexibility index (Phi) is 9.26. The summed E-state index contributed by atoms with van der Waals surface area (Å²) in [5.74, 6) is -0.581. The summed E-state index contributed by atoms with van der Waals surface area (Å²) in [6, 6.07) is 12.5. The van der Waals surface area contributed by atoms with E-state index in [9.17, 15) is 14.4 Å². The number of dihydropyridines is 1. The van der Waals surface area contributed by atoms with Crippen LogP contribution in [0.1, 0.15) is 60.0 Å². The number of hydrogen-bond donors (Lipinski definition) is 1. The van der Waals surface area contributed by atoms with Crippen molar-refractivity contribution in [3.63, 3.8) is 0 Å². The van der Waals surface area contributed by atoms with Crippen LogP contribution in [0.4, 0.5) is 0 Å². The Morgan fingerprint density at radius 3 is 2.25 bits per heavy atom. The maximum atomic E-state index is 13.8. The highest BCUT2D eigenvalue weighted by Crippen LogP contribution is 2.46. The van der Waals surface area contributed by atoms with E-state index in [0.29, 0.717) is 52.5 Å². The van der Waals surface area contributed by atoms with Gasteiger partial charge in [-0.25, -0.2) is 9.59 Å². The molecule has 0 aromatic heterocycles. The van der Waals surface area contributed by atoms with Crippen LogP contribution in [0, 0.1) is 0 Å².